The SMILES string of the molecule is COc1ccc(/C=N\OCC(=O)Nc2ccc(OC)c(OC)c2)cc1OC. The van der Waals surface area contributed by atoms with Crippen LogP contribution in [-0.4, -0.2) is 47.2 Å². The number of nitrogens with zero attached hydrogens (tertiary/aromatic N) is 1. The highest BCUT2D eigenvalue weighted by Crippen LogP contribution is 2.29. The predicted octanol–water partition coefficient (Wildman–Crippen LogP) is 2.71. The van der Waals surface area contributed by atoms with Crippen LogP contribution in [0.5, 0.6) is 23.0 Å². The van der Waals surface area contributed by atoms with E-state index in [0.29, 0.717) is 28.7 Å². The van der Waals surface area contributed by atoms with Crippen LogP contribution in [-0.2, 0) is 9.63 Å². The molecule has 8 nitrogen and oxygen atoms in total. The molecule has 27 heavy (non-hydrogen) atoms. The number of oxime groups is 1. The van der Waals surface area contributed by atoms with Crippen molar-refractivity contribution in [3.05, 3.63) is 42.0 Å². The molecule has 0 fully saturated rings. The van der Waals surface area contributed by atoms with E-state index in [2.05, 4.69) is 10.5 Å². The van der Waals surface area contributed by atoms with Gasteiger partial charge in [0.25, 0.3) is 5.91 Å². The van der Waals surface area contributed by atoms with Crippen LogP contribution in [0.15, 0.2) is 41.6 Å². The highest BCUT2D eigenvalue weighted by atomic mass is 16.6. The van der Waals surface area contributed by atoms with Gasteiger partial charge in [0.2, 0.25) is 0 Å². The van der Waals surface area contributed by atoms with Crippen molar-refractivity contribution in [2.75, 3.05) is 40.4 Å². The topological polar surface area (TPSA) is 87.6 Å². The van der Waals surface area contributed by atoms with E-state index in [-0.39, 0.29) is 12.5 Å². The van der Waals surface area contributed by atoms with Crippen LogP contribution in [0.2, 0.25) is 0 Å². The minimum Gasteiger partial charge on any atom is -0.493 e. The third kappa shape index (κ3) is 5.53. The number of carbonyl (C=O) groups is 1. The Morgan fingerprint density at radius 2 is 1.48 bits per heavy atom. The number of carbonyl (C=O) groups excluding carboxylic acids is 1. The second-order valence-electron chi connectivity index (χ2n) is 5.24. The van der Waals surface area contributed by atoms with Gasteiger partial charge in [-0.05, 0) is 30.3 Å². The number of rotatable bonds is 9. The van der Waals surface area contributed by atoms with Crippen molar-refractivity contribution in [2.24, 2.45) is 5.16 Å². The van der Waals surface area contributed by atoms with E-state index in [1.165, 1.54) is 13.3 Å². The first kappa shape index (κ1) is 19.9. The van der Waals surface area contributed by atoms with Crippen molar-refractivity contribution in [1.29, 1.82) is 0 Å². The van der Waals surface area contributed by atoms with Gasteiger partial charge in [0.05, 0.1) is 34.7 Å². The molecule has 0 aliphatic carbocycles. The Hall–Kier alpha value is -3.42. The lowest BCUT2D eigenvalue weighted by molar-refractivity contribution is -0.120. The van der Waals surface area contributed by atoms with Crippen molar-refractivity contribution in [3.8, 4) is 23.0 Å². The van der Waals surface area contributed by atoms with Crippen molar-refractivity contribution in [3.63, 3.8) is 0 Å². The first-order chi connectivity index (χ1) is 13.1. The van der Waals surface area contributed by atoms with Gasteiger partial charge in [-0.3, -0.25) is 4.79 Å². The minimum absolute atomic E-state index is 0.238. The van der Waals surface area contributed by atoms with Crippen molar-refractivity contribution in [1.82, 2.24) is 0 Å². The second-order valence-corrected chi connectivity index (χ2v) is 5.24. The summed E-state index contributed by atoms with van der Waals surface area (Å²) in [5.74, 6) is 1.93. The Bertz CT molecular complexity index is 807. The number of benzene rings is 2. The first-order valence-corrected chi connectivity index (χ1v) is 8.00. The second kappa shape index (κ2) is 9.91. The van der Waals surface area contributed by atoms with E-state index in [9.17, 15) is 4.79 Å². The van der Waals surface area contributed by atoms with E-state index < -0.39 is 0 Å². The summed E-state index contributed by atoms with van der Waals surface area (Å²) in [6, 6.07) is 10.3. The van der Waals surface area contributed by atoms with Gasteiger partial charge in [-0.15, -0.1) is 0 Å². The molecule has 2 rings (SSSR count). The highest BCUT2D eigenvalue weighted by molar-refractivity contribution is 5.92. The molecule has 0 aliphatic heterocycles. The number of methoxy groups -OCH3 is 4. The zero-order valence-electron chi connectivity index (χ0n) is 15.6. The molecule has 0 heterocycles. The quantitative estimate of drug-likeness (QED) is 0.536. The molecule has 0 unspecified atom stereocenters. The average molecular weight is 374 g/mol. The normalized spacial score (nSPS) is 10.4. The Balaban J connectivity index is 1.88. The van der Waals surface area contributed by atoms with Crippen LogP contribution in [0.4, 0.5) is 5.69 Å². The largest absolute Gasteiger partial charge is 0.493 e. The van der Waals surface area contributed by atoms with Gasteiger partial charge in [0.1, 0.15) is 0 Å². The van der Waals surface area contributed by atoms with E-state index in [1.807, 2.05) is 0 Å². The smallest absolute Gasteiger partial charge is 0.265 e. The van der Waals surface area contributed by atoms with E-state index in [0.717, 1.165) is 5.56 Å². The van der Waals surface area contributed by atoms with Crippen LogP contribution < -0.4 is 24.3 Å². The molecule has 0 saturated carbocycles. The number of anilines is 1. The van der Waals surface area contributed by atoms with E-state index in [1.54, 1.807) is 57.7 Å². The van der Waals surface area contributed by atoms with Gasteiger partial charge >= 0.3 is 0 Å². The fourth-order valence-corrected chi connectivity index (χ4v) is 2.24. The molecule has 0 bridgehead atoms. The zero-order chi connectivity index (χ0) is 19.6. The summed E-state index contributed by atoms with van der Waals surface area (Å²) in [6.07, 6.45) is 1.48. The van der Waals surface area contributed by atoms with Gasteiger partial charge in [-0.2, -0.15) is 0 Å². The first-order valence-electron chi connectivity index (χ1n) is 8.00. The summed E-state index contributed by atoms with van der Waals surface area (Å²) in [5.41, 5.74) is 1.30. The summed E-state index contributed by atoms with van der Waals surface area (Å²) in [5, 5.41) is 6.48. The number of amides is 1. The van der Waals surface area contributed by atoms with Crippen LogP contribution in [0.1, 0.15) is 5.56 Å². The predicted molar refractivity (Wildman–Crippen MR) is 101 cm³/mol. The third-order valence-corrected chi connectivity index (χ3v) is 3.55. The minimum atomic E-state index is -0.355. The number of hydrogen-bond donors (Lipinski definition) is 1. The van der Waals surface area contributed by atoms with Crippen LogP contribution in [0.3, 0.4) is 0 Å². The Kier molecular flexibility index (Phi) is 7.30. The molecule has 2 aromatic rings. The molecule has 0 spiro atoms. The highest BCUT2D eigenvalue weighted by Gasteiger charge is 2.08. The fraction of sp³-hybridized carbons (Fsp3) is 0.263. The van der Waals surface area contributed by atoms with E-state index in [4.69, 9.17) is 23.8 Å². The molecule has 1 amide bonds. The lowest BCUT2D eigenvalue weighted by Gasteiger charge is -2.10. The number of nitrogens with one attached hydrogen (secondary N) is 1. The molecule has 0 saturated heterocycles. The fourth-order valence-electron chi connectivity index (χ4n) is 2.24. The maximum absolute atomic E-state index is 11.9. The molecule has 144 valence electrons. The van der Waals surface area contributed by atoms with Crippen molar-refractivity contribution in [2.45, 2.75) is 0 Å². The molecular formula is C19H22N2O6. The van der Waals surface area contributed by atoms with Gasteiger partial charge in [0.15, 0.2) is 29.6 Å². The lowest BCUT2D eigenvalue weighted by atomic mass is 10.2. The molecule has 0 radical (unpaired) electrons. The van der Waals surface area contributed by atoms with Gasteiger partial charge in [-0.25, -0.2) is 0 Å². The zero-order valence-corrected chi connectivity index (χ0v) is 15.6. The summed E-state index contributed by atoms with van der Waals surface area (Å²) in [6.45, 7) is -0.238. The van der Waals surface area contributed by atoms with Crippen molar-refractivity contribution >= 4 is 17.8 Å². The summed E-state index contributed by atoms with van der Waals surface area (Å²) in [4.78, 5) is 17.0. The third-order valence-electron chi connectivity index (χ3n) is 3.55. The molecular weight excluding hydrogens is 352 g/mol. The molecule has 0 aromatic heterocycles. The average Bonchev–Trinajstić information content (AvgIpc) is 2.70. The van der Waals surface area contributed by atoms with E-state index >= 15 is 0 Å². The molecule has 2 aromatic carbocycles. The van der Waals surface area contributed by atoms with Crippen LogP contribution in [0, 0.1) is 0 Å². The number of ether oxygens (including phenoxy) is 4. The van der Waals surface area contributed by atoms with Crippen LogP contribution in [0.25, 0.3) is 0 Å². The molecule has 0 atom stereocenters. The molecule has 8 heteroatoms. The van der Waals surface area contributed by atoms with Crippen LogP contribution >= 0.6 is 0 Å². The summed E-state index contributed by atoms with van der Waals surface area (Å²) >= 11 is 0. The van der Waals surface area contributed by atoms with Gasteiger partial charge < -0.3 is 29.1 Å². The Morgan fingerprint density at radius 3 is 2.11 bits per heavy atom. The maximum atomic E-state index is 11.9. The number of hydrogen-bond acceptors (Lipinski definition) is 7. The van der Waals surface area contributed by atoms with Gasteiger partial charge in [0, 0.05) is 17.3 Å². The lowest BCUT2D eigenvalue weighted by Crippen LogP contribution is -2.17. The molecule has 0 aliphatic rings. The Labute approximate surface area is 157 Å². The summed E-state index contributed by atoms with van der Waals surface area (Å²) < 4.78 is 20.7. The van der Waals surface area contributed by atoms with Gasteiger partial charge in [-0.1, -0.05) is 5.16 Å². The monoisotopic (exact) mass is 374 g/mol. The maximum Gasteiger partial charge on any atom is 0.265 e. The molecule has 1 N–H and O–H groups in total. The summed E-state index contributed by atoms with van der Waals surface area (Å²) in [7, 11) is 6.18. The Morgan fingerprint density at radius 1 is 0.889 bits per heavy atom. The standard InChI is InChI=1S/C19H22N2O6/c1-23-15-7-5-13(9-17(15)25-3)11-20-27-12-19(22)21-14-6-8-16(24-2)18(10-14)26-4/h5-11H,12H2,1-4H3,(H,21,22)/b20-11-. The van der Waals surface area contributed by atoms with Crippen molar-refractivity contribution < 1.29 is 28.6 Å².